The third-order valence-corrected chi connectivity index (χ3v) is 1.86. The van der Waals surface area contributed by atoms with Crippen LogP contribution in [0.5, 0.6) is 0 Å². The molecule has 0 aromatic rings. The summed E-state index contributed by atoms with van der Waals surface area (Å²) in [7, 11) is 0. The highest BCUT2D eigenvalue weighted by Gasteiger charge is 2.19. The lowest BCUT2D eigenvalue weighted by Gasteiger charge is -2.20. The lowest BCUT2D eigenvalue weighted by molar-refractivity contribution is 0.144. The van der Waals surface area contributed by atoms with Gasteiger partial charge in [0, 0.05) is 19.2 Å². The maximum absolute atomic E-state index is 5.74. The Morgan fingerprint density at radius 3 is 3.00 bits per heavy atom. The molecular formula is C7H16N2O. The Bertz CT molecular complexity index is 91.6. The second-order valence-corrected chi connectivity index (χ2v) is 2.76. The zero-order valence-corrected chi connectivity index (χ0v) is 6.55. The number of nitrogens with zero attached hydrogens (tertiary/aromatic N) is 1. The molecule has 1 fully saturated rings. The molecule has 1 saturated heterocycles. The highest BCUT2D eigenvalue weighted by molar-refractivity contribution is 4.70. The van der Waals surface area contributed by atoms with Crippen molar-refractivity contribution < 1.29 is 4.74 Å². The lowest BCUT2D eigenvalue weighted by atomic mass is 10.2. The quantitative estimate of drug-likeness (QED) is 0.459. The van der Waals surface area contributed by atoms with E-state index in [-0.39, 0.29) is 0 Å². The van der Waals surface area contributed by atoms with Crippen molar-refractivity contribution in [3.8, 4) is 0 Å². The molecule has 0 bridgehead atoms. The first-order valence-electron chi connectivity index (χ1n) is 3.93. The van der Waals surface area contributed by atoms with Crippen LogP contribution in [0.4, 0.5) is 0 Å². The van der Waals surface area contributed by atoms with Gasteiger partial charge < -0.3 is 4.74 Å². The van der Waals surface area contributed by atoms with Gasteiger partial charge in [0.05, 0.1) is 6.61 Å². The normalized spacial score (nSPS) is 26.1. The molecule has 2 N–H and O–H groups in total. The van der Waals surface area contributed by atoms with Crippen LogP contribution in [0.1, 0.15) is 19.8 Å². The lowest BCUT2D eigenvalue weighted by Crippen LogP contribution is -2.41. The topological polar surface area (TPSA) is 38.5 Å². The Morgan fingerprint density at radius 1 is 1.70 bits per heavy atom. The SMILES string of the molecule is CCCN(N)C1CCOC1. The Hall–Kier alpha value is -0.120. The molecule has 0 aliphatic carbocycles. The molecule has 3 heteroatoms. The molecular weight excluding hydrogens is 128 g/mol. The van der Waals surface area contributed by atoms with Crippen LogP contribution in [0.25, 0.3) is 0 Å². The van der Waals surface area contributed by atoms with Crippen LogP contribution in [0.3, 0.4) is 0 Å². The smallest absolute Gasteiger partial charge is 0.0636 e. The minimum atomic E-state index is 0.472. The van der Waals surface area contributed by atoms with E-state index < -0.39 is 0 Å². The molecule has 3 nitrogen and oxygen atoms in total. The summed E-state index contributed by atoms with van der Waals surface area (Å²) in [5, 5.41) is 1.90. The Labute approximate surface area is 62.1 Å². The number of hydrogen-bond donors (Lipinski definition) is 1. The summed E-state index contributed by atoms with van der Waals surface area (Å²) in [6.45, 7) is 4.81. The Morgan fingerprint density at radius 2 is 2.50 bits per heavy atom. The summed E-state index contributed by atoms with van der Waals surface area (Å²) >= 11 is 0. The zero-order valence-electron chi connectivity index (χ0n) is 6.55. The van der Waals surface area contributed by atoms with Gasteiger partial charge in [-0.05, 0) is 12.8 Å². The minimum Gasteiger partial charge on any atom is -0.380 e. The van der Waals surface area contributed by atoms with Crippen LogP contribution in [0.2, 0.25) is 0 Å². The van der Waals surface area contributed by atoms with Gasteiger partial charge in [-0.25, -0.2) is 5.01 Å². The van der Waals surface area contributed by atoms with Gasteiger partial charge in [0.2, 0.25) is 0 Å². The number of nitrogens with two attached hydrogens (primary N) is 1. The average Bonchev–Trinajstić information content (AvgIpc) is 2.38. The van der Waals surface area contributed by atoms with E-state index in [9.17, 15) is 0 Å². The number of hydrazine groups is 1. The summed E-state index contributed by atoms with van der Waals surface area (Å²) < 4.78 is 5.20. The molecule has 1 rings (SSSR count). The van der Waals surface area contributed by atoms with Gasteiger partial charge in [0.15, 0.2) is 0 Å². The van der Waals surface area contributed by atoms with Crippen molar-refractivity contribution in [2.24, 2.45) is 5.84 Å². The Kier molecular flexibility index (Phi) is 3.12. The molecule has 0 aromatic heterocycles. The van der Waals surface area contributed by atoms with Crippen molar-refractivity contribution in [1.29, 1.82) is 0 Å². The van der Waals surface area contributed by atoms with Gasteiger partial charge in [-0.3, -0.25) is 5.84 Å². The number of ether oxygens (including phenoxy) is 1. The number of rotatable bonds is 3. The van der Waals surface area contributed by atoms with Crippen LogP contribution in [0.15, 0.2) is 0 Å². The second kappa shape index (κ2) is 3.91. The van der Waals surface area contributed by atoms with Crippen LogP contribution in [0, 0.1) is 0 Å². The standard InChI is InChI=1S/C7H16N2O/c1-2-4-9(8)7-3-5-10-6-7/h7H,2-6,8H2,1H3. The highest BCUT2D eigenvalue weighted by atomic mass is 16.5. The second-order valence-electron chi connectivity index (χ2n) is 2.76. The van der Waals surface area contributed by atoms with Crippen LogP contribution < -0.4 is 5.84 Å². The molecule has 0 spiro atoms. The van der Waals surface area contributed by atoms with E-state index in [0.29, 0.717) is 6.04 Å². The number of hydrogen-bond acceptors (Lipinski definition) is 3. The predicted octanol–water partition coefficient (Wildman–Crippen LogP) is 0.361. The molecule has 1 aliphatic rings. The predicted molar refractivity (Wildman–Crippen MR) is 40.4 cm³/mol. The molecule has 0 radical (unpaired) electrons. The molecule has 10 heavy (non-hydrogen) atoms. The molecule has 60 valence electrons. The van der Waals surface area contributed by atoms with E-state index in [0.717, 1.165) is 32.6 Å². The van der Waals surface area contributed by atoms with Gasteiger partial charge in [-0.1, -0.05) is 6.92 Å². The van der Waals surface area contributed by atoms with Gasteiger partial charge in [0.25, 0.3) is 0 Å². The third kappa shape index (κ3) is 1.94. The van der Waals surface area contributed by atoms with E-state index in [1.165, 1.54) is 0 Å². The molecule has 1 aliphatic heterocycles. The van der Waals surface area contributed by atoms with Crippen LogP contribution in [-0.4, -0.2) is 30.8 Å². The minimum absolute atomic E-state index is 0.472. The van der Waals surface area contributed by atoms with Crippen molar-refractivity contribution in [2.75, 3.05) is 19.8 Å². The molecule has 1 atom stereocenters. The van der Waals surface area contributed by atoms with Crippen molar-refractivity contribution in [3.63, 3.8) is 0 Å². The molecule has 0 amide bonds. The van der Waals surface area contributed by atoms with Crippen molar-refractivity contribution in [1.82, 2.24) is 5.01 Å². The summed E-state index contributed by atoms with van der Waals surface area (Å²) in [5.41, 5.74) is 0. The fourth-order valence-corrected chi connectivity index (χ4v) is 1.22. The van der Waals surface area contributed by atoms with Gasteiger partial charge in [-0.15, -0.1) is 0 Å². The maximum Gasteiger partial charge on any atom is 0.0636 e. The summed E-state index contributed by atoms with van der Waals surface area (Å²) in [6.07, 6.45) is 2.21. The maximum atomic E-state index is 5.74. The van der Waals surface area contributed by atoms with Crippen LogP contribution >= 0.6 is 0 Å². The van der Waals surface area contributed by atoms with E-state index in [1.807, 2.05) is 5.01 Å². The van der Waals surface area contributed by atoms with Crippen molar-refractivity contribution in [3.05, 3.63) is 0 Å². The van der Waals surface area contributed by atoms with E-state index in [2.05, 4.69) is 6.92 Å². The van der Waals surface area contributed by atoms with Crippen molar-refractivity contribution in [2.45, 2.75) is 25.8 Å². The molecule has 0 saturated carbocycles. The van der Waals surface area contributed by atoms with Crippen LogP contribution in [-0.2, 0) is 4.74 Å². The van der Waals surface area contributed by atoms with E-state index >= 15 is 0 Å². The first-order valence-corrected chi connectivity index (χ1v) is 3.93. The summed E-state index contributed by atoms with van der Waals surface area (Å²) in [4.78, 5) is 0. The van der Waals surface area contributed by atoms with Gasteiger partial charge >= 0.3 is 0 Å². The first-order chi connectivity index (χ1) is 4.84. The largest absolute Gasteiger partial charge is 0.380 e. The van der Waals surface area contributed by atoms with E-state index in [1.54, 1.807) is 0 Å². The first kappa shape index (κ1) is 7.98. The fourth-order valence-electron chi connectivity index (χ4n) is 1.22. The summed E-state index contributed by atoms with van der Waals surface area (Å²) in [6, 6.07) is 0.472. The van der Waals surface area contributed by atoms with Gasteiger partial charge in [-0.2, -0.15) is 0 Å². The third-order valence-electron chi connectivity index (χ3n) is 1.86. The Balaban J connectivity index is 2.18. The average molecular weight is 144 g/mol. The highest BCUT2D eigenvalue weighted by Crippen LogP contribution is 2.08. The summed E-state index contributed by atoms with van der Waals surface area (Å²) in [5.74, 6) is 5.74. The monoisotopic (exact) mass is 144 g/mol. The van der Waals surface area contributed by atoms with Crippen molar-refractivity contribution >= 4 is 0 Å². The van der Waals surface area contributed by atoms with E-state index in [4.69, 9.17) is 10.6 Å². The fraction of sp³-hybridized carbons (Fsp3) is 1.00. The van der Waals surface area contributed by atoms with Gasteiger partial charge in [0.1, 0.15) is 0 Å². The molecule has 1 unspecified atom stereocenters. The molecule has 0 aromatic carbocycles. The molecule has 1 heterocycles. The zero-order chi connectivity index (χ0) is 7.40.